The first-order valence-corrected chi connectivity index (χ1v) is 6.95. The minimum atomic E-state index is -0.642. The number of nitrogens with zero attached hydrogens (tertiary/aromatic N) is 1. The third-order valence-electron chi connectivity index (χ3n) is 3.27. The van der Waals surface area contributed by atoms with Gasteiger partial charge in [-0.2, -0.15) is 0 Å². The van der Waals surface area contributed by atoms with E-state index in [1.165, 1.54) is 24.3 Å². The Balaban J connectivity index is 2.03. The van der Waals surface area contributed by atoms with Crippen molar-refractivity contribution in [1.82, 2.24) is 0 Å². The molecule has 0 heterocycles. The zero-order chi connectivity index (χ0) is 17.0. The van der Waals surface area contributed by atoms with E-state index in [0.29, 0.717) is 16.9 Å². The molecule has 0 radical (unpaired) electrons. The van der Waals surface area contributed by atoms with Crippen LogP contribution in [0.25, 0.3) is 0 Å². The van der Waals surface area contributed by atoms with Crippen LogP contribution < -0.4 is 10.6 Å². The van der Waals surface area contributed by atoms with E-state index in [4.69, 9.17) is 0 Å². The molecule has 23 heavy (non-hydrogen) atoms. The average molecular weight is 317 g/mol. The van der Waals surface area contributed by atoms with Gasteiger partial charge in [-0.25, -0.2) is 4.39 Å². The van der Waals surface area contributed by atoms with Crippen molar-refractivity contribution < 1.29 is 14.1 Å². The van der Waals surface area contributed by atoms with E-state index in [-0.39, 0.29) is 17.4 Å². The number of nitro groups is 1. The largest absolute Gasteiger partial charge is 0.374 e. The second-order valence-electron chi connectivity index (χ2n) is 5.13. The Morgan fingerprint density at radius 2 is 1.96 bits per heavy atom. The number of amides is 1. The maximum Gasteiger partial charge on any atom is 0.271 e. The molecule has 7 heteroatoms. The van der Waals surface area contributed by atoms with Gasteiger partial charge in [0.1, 0.15) is 11.9 Å². The lowest BCUT2D eigenvalue weighted by Gasteiger charge is -2.15. The maximum atomic E-state index is 13.5. The van der Waals surface area contributed by atoms with Gasteiger partial charge in [0, 0.05) is 23.5 Å². The molecule has 0 aliphatic carbocycles. The summed E-state index contributed by atoms with van der Waals surface area (Å²) in [6.07, 6.45) is 0. The molecule has 0 aliphatic heterocycles. The van der Waals surface area contributed by atoms with Crippen LogP contribution in [-0.4, -0.2) is 16.9 Å². The van der Waals surface area contributed by atoms with Gasteiger partial charge in [0.15, 0.2) is 0 Å². The summed E-state index contributed by atoms with van der Waals surface area (Å²) in [5.74, 6) is -0.743. The summed E-state index contributed by atoms with van der Waals surface area (Å²) in [6.45, 7) is 3.27. The zero-order valence-corrected chi connectivity index (χ0v) is 12.7. The molecule has 2 aromatic rings. The van der Waals surface area contributed by atoms with E-state index < -0.39 is 11.0 Å². The van der Waals surface area contributed by atoms with Crippen molar-refractivity contribution in [3.05, 3.63) is 64.0 Å². The number of nitrogens with one attached hydrogen (secondary N) is 2. The van der Waals surface area contributed by atoms with Crippen LogP contribution in [0.15, 0.2) is 42.5 Å². The molecule has 6 nitrogen and oxygen atoms in total. The summed E-state index contributed by atoms with van der Waals surface area (Å²) < 4.78 is 13.5. The molecule has 0 aromatic heterocycles. The number of carbonyl (C=O) groups is 1. The molecule has 0 spiro atoms. The maximum absolute atomic E-state index is 13.5. The SMILES string of the molecule is Cc1ccc(NC(C)C(=O)Nc2cccc([N+](=O)[O-])c2)cc1F. The average Bonchev–Trinajstić information content (AvgIpc) is 2.51. The molecule has 2 N–H and O–H groups in total. The van der Waals surface area contributed by atoms with Gasteiger partial charge in [0.2, 0.25) is 5.91 Å². The third-order valence-corrected chi connectivity index (χ3v) is 3.27. The van der Waals surface area contributed by atoms with Crippen molar-refractivity contribution in [2.45, 2.75) is 19.9 Å². The summed E-state index contributed by atoms with van der Waals surface area (Å²) in [7, 11) is 0. The first-order valence-electron chi connectivity index (χ1n) is 6.95. The molecule has 1 unspecified atom stereocenters. The summed E-state index contributed by atoms with van der Waals surface area (Å²) in [5.41, 5.74) is 1.22. The van der Waals surface area contributed by atoms with Gasteiger partial charge < -0.3 is 10.6 Å². The minimum absolute atomic E-state index is 0.107. The molecule has 0 saturated carbocycles. The van der Waals surface area contributed by atoms with Crippen molar-refractivity contribution >= 4 is 23.0 Å². The van der Waals surface area contributed by atoms with Crippen molar-refractivity contribution in [1.29, 1.82) is 0 Å². The van der Waals surface area contributed by atoms with Crippen LogP contribution in [0.5, 0.6) is 0 Å². The lowest BCUT2D eigenvalue weighted by molar-refractivity contribution is -0.384. The standard InChI is InChI=1S/C16H16FN3O3/c1-10-6-7-13(9-15(10)17)18-11(2)16(21)19-12-4-3-5-14(8-12)20(22)23/h3-9,11,18H,1-2H3,(H,19,21). The Labute approximate surface area is 132 Å². The normalized spacial score (nSPS) is 11.6. The zero-order valence-electron chi connectivity index (χ0n) is 12.7. The van der Waals surface area contributed by atoms with Crippen LogP contribution in [0, 0.1) is 22.9 Å². The number of rotatable bonds is 5. The molecule has 1 atom stereocenters. The van der Waals surface area contributed by atoms with E-state index in [9.17, 15) is 19.3 Å². The number of hydrogen-bond acceptors (Lipinski definition) is 4. The van der Waals surface area contributed by atoms with Crippen LogP contribution in [-0.2, 0) is 4.79 Å². The molecule has 0 aliphatic rings. The molecule has 0 fully saturated rings. The predicted molar refractivity (Wildman–Crippen MR) is 85.9 cm³/mol. The Bertz CT molecular complexity index is 749. The van der Waals surface area contributed by atoms with Crippen LogP contribution in [0.3, 0.4) is 0 Å². The Morgan fingerprint density at radius 1 is 1.22 bits per heavy atom. The third kappa shape index (κ3) is 4.26. The van der Waals surface area contributed by atoms with E-state index in [0.717, 1.165) is 0 Å². The number of carbonyl (C=O) groups excluding carboxylic acids is 1. The fourth-order valence-corrected chi connectivity index (χ4v) is 1.95. The van der Waals surface area contributed by atoms with Crippen LogP contribution in [0.1, 0.15) is 12.5 Å². The van der Waals surface area contributed by atoms with Gasteiger partial charge in [-0.15, -0.1) is 0 Å². The number of non-ortho nitro benzene ring substituents is 1. The van der Waals surface area contributed by atoms with Gasteiger partial charge in [-0.3, -0.25) is 14.9 Å². The summed E-state index contributed by atoms with van der Waals surface area (Å²) in [5, 5.41) is 16.2. The highest BCUT2D eigenvalue weighted by Gasteiger charge is 2.15. The van der Waals surface area contributed by atoms with Crippen LogP contribution in [0.4, 0.5) is 21.5 Å². The van der Waals surface area contributed by atoms with Crippen LogP contribution in [0.2, 0.25) is 0 Å². The van der Waals surface area contributed by atoms with Gasteiger partial charge in [0.05, 0.1) is 4.92 Å². The summed E-state index contributed by atoms with van der Waals surface area (Å²) in [6, 6.07) is 9.62. The number of aryl methyl sites for hydroxylation is 1. The topological polar surface area (TPSA) is 84.3 Å². The fourth-order valence-electron chi connectivity index (χ4n) is 1.95. The Morgan fingerprint density at radius 3 is 2.61 bits per heavy atom. The van der Waals surface area contributed by atoms with Crippen molar-refractivity contribution in [2.75, 3.05) is 10.6 Å². The van der Waals surface area contributed by atoms with Gasteiger partial charge in [-0.1, -0.05) is 12.1 Å². The number of anilines is 2. The van der Waals surface area contributed by atoms with Crippen molar-refractivity contribution in [2.24, 2.45) is 0 Å². The highest BCUT2D eigenvalue weighted by Crippen LogP contribution is 2.18. The molecular weight excluding hydrogens is 301 g/mol. The lowest BCUT2D eigenvalue weighted by atomic mass is 10.2. The fraction of sp³-hybridized carbons (Fsp3) is 0.188. The number of halogens is 1. The molecule has 2 rings (SSSR count). The number of hydrogen-bond donors (Lipinski definition) is 2. The molecular formula is C16H16FN3O3. The predicted octanol–water partition coefficient (Wildman–Crippen LogP) is 3.48. The molecule has 1 amide bonds. The van der Waals surface area contributed by atoms with Gasteiger partial charge >= 0.3 is 0 Å². The molecule has 0 bridgehead atoms. The van der Waals surface area contributed by atoms with E-state index >= 15 is 0 Å². The number of benzene rings is 2. The number of nitro benzene ring substituents is 1. The van der Waals surface area contributed by atoms with E-state index in [1.807, 2.05) is 0 Å². The molecule has 2 aromatic carbocycles. The second kappa shape index (κ2) is 6.87. The smallest absolute Gasteiger partial charge is 0.271 e. The molecule has 120 valence electrons. The van der Waals surface area contributed by atoms with E-state index in [2.05, 4.69) is 10.6 Å². The highest BCUT2D eigenvalue weighted by molar-refractivity contribution is 5.96. The Kier molecular flexibility index (Phi) is 4.90. The first-order chi connectivity index (χ1) is 10.9. The van der Waals surface area contributed by atoms with E-state index in [1.54, 1.807) is 32.0 Å². The van der Waals surface area contributed by atoms with Crippen LogP contribution >= 0.6 is 0 Å². The monoisotopic (exact) mass is 317 g/mol. The van der Waals surface area contributed by atoms with Gasteiger partial charge in [-0.05, 0) is 37.6 Å². The first kappa shape index (κ1) is 16.4. The quantitative estimate of drug-likeness (QED) is 0.653. The van der Waals surface area contributed by atoms with Crippen molar-refractivity contribution in [3.63, 3.8) is 0 Å². The van der Waals surface area contributed by atoms with Crippen molar-refractivity contribution in [3.8, 4) is 0 Å². The summed E-state index contributed by atoms with van der Waals surface area (Å²) in [4.78, 5) is 22.3. The van der Waals surface area contributed by atoms with Gasteiger partial charge in [0.25, 0.3) is 5.69 Å². The minimum Gasteiger partial charge on any atom is -0.374 e. The highest BCUT2D eigenvalue weighted by atomic mass is 19.1. The second-order valence-corrected chi connectivity index (χ2v) is 5.13. The molecule has 0 saturated heterocycles. The Hall–Kier alpha value is -2.96. The summed E-state index contributed by atoms with van der Waals surface area (Å²) >= 11 is 0. The lowest BCUT2D eigenvalue weighted by Crippen LogP contribution is -2.31.